The fourth-order valence-corrected chi connectivity index (χ4v) is 2.56. The Labute approximate surface area is 135 Å². The van der Waals surface area contributed by atoms with Gasteiger partial charge in [-0.25, -0.2) is 0 Å². The topological polar surface area (TPSA) is 49.4 Å². The minimum Gasteiger partial charge on any atom is -0.322 e. The average Bonchev–Trinajstić information content (AvgIpc) is 2.81. The first-order chi connectivity index (χ1) is 11.3. The third-order valence-corrected chi connectivity index (χ3v) is 3.89. The molecule has 2 amide bonds. The van der Waals surface area contributed by atoms with Gasteiger partial charge in [0.2, 0.25) is 5.91 Å². The Morgan fingerprint density at radius 2 is 1.79 bits per heavy atom. The quantitative estimate of drug-likeness (QED) is 0.914. The smallest absolute Gasteiger partial charge is 0.322 e. The van der Waals surface area contributed by atoms with Crippen molar-refractivity contribution in [3.63, 3.8) is 0 Å². The van der Waals surface area contributed by atoms with Crippen LogP contribution in [-0.4, -0.2) is 18.9 Å². The molecule has 1 N–H and O–H groups in total. The van der Waals surface area contributed by atoms with Gasteiger partial charge < -0.3 is 10.2 Å². The summed E-state index contributed by atoms with van der Waals surface area (Å²) >= 11 is 0. The van der Waals surface area contributed by atoms with Crippen molar-refractivity contribution in [2.45, 2.75) is 12.6 Å². The lowest BCUT2D eigenvalue weighted by molar-refractivity contribution is -0.137. The van der Waals surface area contributed by atoms with Crippen molar-refractivity contribution < 1.29 is 22.8 Å². The molecule has 1 aliphatic heterocycles. The number of rotatable bonds is 2. The Hall–Kier alpha value is -2.83. The molecule has 0 aliphatic carbocycles. The summed E-state index contributed by atoms with van der Waals surface area (Å²) in [6, 6.07) is 9.05. The molecule has 0 atom stereocenters. The first kappa shape index (κ1) is 16.0. The normalized spacial score (nSPS) is 13.8. The van der Waals surface area contributed by atoms with E-state index < -0.39 is 17.6 Å². The number of benzene rings is 2. The number of carbonyl (C=O) groups excluding carboxylic acids is 2. The van der Waals surface area contributed by atoms with Crippen molar-refractivity contribution in [2.75, 3.05) is 17.3 Å². The molecule has 1 heterocycles. The van der Waals surface area contributed by atoms with Crippen LogP contribution in [0.2, 0.25) is 0 Å². The summed E-state index contributed by atoms with van der Waals surface area (Å²) in [5.41, 5.74) is 1.39. The van der Waals surface area contributed by atoms with Crippen molar-refractivity contribution in [1.82, 2.24) is 0 Å². The third kappa shape index (κ3) is 2.97. The minimum atomic E-state index is -4.44. The number of anilines is 2. The third-order valence-electron chi connectivity index (χ3n) is 3.89. The summed E-state index contributed by atoms with van der Waals surface area (Å²) in [7, 11) is 1.68. The molecule has 0 bridgehead atoms. The zero-order valence-corrected chi connectivity index (χ0v) is 12.6. The number of likely N-dealkylation sites (N-methyl/N-ethyl adjacent to an activating group) is 1. The molecule has 7 heteroatoms. The molecule has 0 saturated heterocycles. The van der Waals surface area contributed by atoms with Crippen LogP contribution in [0.5, 0.6) is 0 Å². The first-order valence-corrected chi connectivity index (χ1v) is 7.14. The maximum absolute atomic E-state index is 12.5. The average molecular weight is 334 g/mol. The van der Waals surface area contributed by atoms with E-state index >= 15 is 0 Å². The molecule has 0 unspecified atom stereocenters. The van der Waals surface area contributed by atoms with Gasteiger partial charge in [0, 0.05) is 24.0 Å². The van der Waals surface area contributed by atoms with Crippen molar-refractivity contribution >= 4 is 23.2 Å². The zero-order valence-electron chi connectivity index (χ0n) is 12.6. The summed E-state index contributed by atoms with van der Waals surface area (Å²) in [5, 5.41) is 2.63. The van der Waals surface area contributed by atoms with Crippen LogP contribution >= 0.6 is 0 Å². The van der Waals surface area contributed by atoms with Crippen LogP contribution < -0.4 is 10.2 Å². The maximum atomic E-state index is 12.5. The fourth-order valence-electron chi connectivity index (χ4n) is 2.56. The van der Waals surface area contributed by atoms with E-state index in [2.05, 4.69) is 5.32 Å². The summed E-state index contributed by atoms with van der Waals surface area (Å²) in [4.78, 5) is 25.3. The molecule has 0 saturated carbocycles. The van der Waals surface area contributed by atoms with E-state index in [-0.39, 0.29) is 17.9 Å². The molecule has 1 aliphatic rings. The van der Waals surface area contributed by atoms with E-state index in [0.29, 0.717) is 5.69 Å². The number of halogens is 3. The first-order valence-electron chi connectivity index (χ1n) is 7.14. The van der Waals surface area contributed by atoms with Crippen LogP contribution in [-0.2, 0) is 17.4 Å². The number of nitrogens with one attached hydrogen (secondary N) is 1. The highest BCUT2D eigenvalue weighted by Crippen LogP contribution is 2.31. The maximum Gasteiger partial charge on any atom is 0.416 e. The molecular formula is C17H13F3N2O2. The Kier molecular flexibility index (Phi) is 3.79. The second-order valence-electron chi connectivity index (χ2n) is 5.50. The Bertz CT molecular complexity index is 814. The largest absolute Gasteiger partial charge is 0.416 e. The van der Waals surface area contributed by atoms with E-state index in [9.17, 15) is 22.8 Å². The van der Waals surface area contributed by atoms with E-state index in [4.69, 9.17) is 0 Å². The second-order valence-corrected chi connectivity index (χ2v) is 5.50. The lowest BCUT2D eigenvalue weighted by atomic mass is 10.1. The van der Waals surface area contributed by atoms with Gasteiger partial charge in [-0.15, -0.1) is 0 Å². The molecular weight excluding hydrogens is 321 g/mol. The van der Waals surface area contributed by atoms with Gasteiger partial charge in [-0.2, -0.15) is 13.2 Å². The Morgan fingerprint density at radius 3 is 2.42 bits per heavy atom. The molecule has 2 aromatic rings. The number of carbonyl (C=O) groups is 2. The predicted molar refractivity (Wildman–Crippen MR) is 83.0 cm³/mol. The van der Waals surface area contributed by atoms with Crippen molar-refractivity contribution in [2.24, 2.45) is 0 Å². The SMILES string of the molecule is CN1C(=O)Cc2cc(NC(=O)c3ccc(C(F)(F)F)cc3)ccc21. The minimum absolute atomic E-state index is 0.0313. The van der Waals surface area contributed by atoms with Gasteiger partial charge in [-0.05, 0) is 48.0 Å². The van der Waals surface area contributed by atoms with Crippen molar-refractivity contribution in [3.05, 3.63) is 59.2 Å². The molecule has 3 rings (SSSR count). The van der Waals surface area contributed by atoms with Crippen LogP contribution in [0.15, 0.2) is 42.5 Å². The summed E-state index contributed by atoms with van der Waals surface area (Å²) in [6.07, 6.45) is -4.18. The molecule has 0 aromatic heterocycles. The molecule has 0 fully saturated rings. The highest BCUT2D eigenvalue weighted by atomic mass is 19.4. The van der Waals surface area contributed by atoms with Gasteiger partial charge in [0.25, 0.3) is 5.91 Å². The summed E-state index contributed by atoms with van der Waals surface area (Å²) in [6.45, 7) is 0. The second kappa shape index (κ2) is 5.67. The lowest BCUT2D eigenvalue weighted by Crippen LogP contribution is -2.20. The zero-order chi connectivity index (χ0) is 17.5. The number of alkyl halides is 3. The molecule has 2 aromatic carbocycles. The van der Waals surface area contributed by atoms with Crippen LogP contribution in [0.3, 0.4) is 0 Å². The highest BCUT2D eigenvalue weighted by molar-refractivity contribution is 6.05. The highest BCUT2D eigenvalue weighted by Gasteiger charge is 2.30. The molecule has 0 radical (unpaired) electrons. The molecule has 0 spiro atoms. The van der Waals surface area contributed by atoms with E-state index in [0.717, 1.165) is 35.5 Å². The van der Waals surface area contributed by atoms with Crippen LogP contribution in [0.25, 0.3) is 0 Å². The van der Waals surface area contributed by atoms with Crippen LogP contribution in [0, 0.1) is 0 Å². The van der Waals surface area contributed by atoms with Crippen molar-refractivity contribution in [3.8, 4) is 0 Å². The number of hydrogen-bond acceptors (Lipinski definition) is 2. The molecule has 4 nitrogen and oxygen atoms in total. The molecule has 24 heavy (non-hydrogen) atoms. The van der Waals surface area contributed by atoms with E-state index in [1.54, 1.807) is 25.2 Å². The lowest BCUT2D eigenvalue weighted by Gasteiger charge is -2.11. The van der Waals surface area contributed by atoms with E-state index in [1.165, 1.54) is 4.90 Å². The standard InChI is InChI=1S/C17H13F3N2O2/c1-22-14-7-6-13(8-11(14)9-15(22)23)21-16(24)10-2-4-12(5-3-10)17(18,19)20/h2-8H,9H2,1H3,(H,21,24). The molecule has 124 valence electrons. The predicted octanol–water partition coefficient (Wildman–Crippen LogP) is 3.48. The number of amides is 2. The van der Waals surface area contributed by atoms with Gasteiger partial charge >= 0.3 is 6.18 Å². The van der Waals surface area contributed by atoms with Gasteiger partial charge in [0.15, 0.2) is 0 Å². The number of nitrogens with zero attached hydrogens (tertiary/aromatic N) is 1. The van der Waals surface area contributed by atoms with Crippen LogP contribution in [0.4, 0.5) is 24.5 Å². The summed E-state index contributed by atoms with van der Waals surface area (Å²) < 4.78 is 37.6. The van der Waals surface area contributed by atoms with Gasteiger partial charge in [-0.3, -0.25) is 9.59 Å². The van der Waals surface area contributed by atoms with Gasteiger partial charge in [0.05, 0.1) is 12.0 Å². The summed E-state index contributed by atoms with van der Waals surface area (Å²) in [5.74, 6) is -0.544. The Morgan fingerprint density at radius 1 is 1.12 bits per heavy atom. The van der Waals surface area contributed by atoms with Gasteiger partial charge in [-0.1, -0.05) is 0 Å². The monoisotopic (exact) mass is 334 g/mol. The van der Waals surface area contributed by atoms with E-state index in [1.807, 2.05) is 0 Å². The number of fused-ring (bicyclic) bond motifs is 1. The van der Waals surface area contributed by atoms with Crippen molar-refractivity contribution in [1.29, 1.82) is 0 Å². The van der Waals surface area contributed by atoms with Crippen LogP contribution in [0.1, 0.15) is 21.5 Å². The Balaban J connectivity index is 1.76. The number of hydrogen-bond donors (Lipinski definition) is 1. The fraction of sp³-hybridized carbons (Fsp3) is 0.176. The van der Waals surface area contributed by atoms with Gasteiger partial charge in [0.1, 0.15) is 0 Å².